The van der Waals surface area contributed by atoms with Crippen molar-refractivity contribution in [2.45, 2.75) is 57.2 Å². The Labute approximate surface area is 125 Å². The number of hydrogen-bond donors (Lipinski definition) is 2. The number of aliphatic hydroxyl groups excluding tert-OH is 1. The molecule has 1 aromatic carbocycles. The van der Waals surface area contributed by atoms with E-state index in [2.05, 4.69) is 13.0 Å². The van der Waals surface area contributed by atoms with Crippen LogP contribution in [0.2, 0.25) is 0 Å². The van der Waals surface area contributed by atoms with Gasteiger partial charge in [-0.3, -0.25) is 0 Å². The fraction of sp³-hybridized carbons (Fsp3) is 0.667. The van der Waals surface area contributed by atoms with E-state index in [9.17, 15) is 14.6 Å². The van der Waals surface area contributed by atoms with E-state index in [0.717, 1.165) is 25.7 Å². The van der Waals surface area contributed by atoms with E-state index in [1.165, 1.54) is 11.1 Å². The van der Waals surface area contributed by atoms with Gasteiger partial charge in [-0.15, -0.1) is 0 Å². The summed E-state index contributed by atoms with van der Waals surface area (Å²) >= 11 is 0. The van der Waals surface area contributed by atoms with Gasteiger partial charge in [-0.25, -0.2) is 4.39 Å². The molecule has 4 rings (SSSR count). The van der Waals surface area contributed by atoms with Crippen LogP contribution in [-0.4, -0.2) is 22.5 Å². The van der Waals surface area contributed by atoms with Crippen molar-refractivity contribution in [2.24, 2.45) is 17.3 Å². The molecule has 6 atom stereocenters. The van der Waals surface area contributed by atoms with Crippen molar-refractivity contribution in [1.29, 1.82) is 0 Å². The fourth-order valence-corrected chi connectivity index (χ4v) is 5.51. The van der Waals surface area contributed by atoms with Crippen molar-refractivity contribution in [1.82, 2.24) is 0 Å². The zero-order valence-corrected chi connectivity index (χ0v) is 12.4. The van der Waals surface area contributed by atoms with Crippen LogP contribution in [0.3, 0.4) is 0 Å². The molecule has 0 bridgehead atoms. The van der Waals surface area contributed by atoms with Crippen molar-refractivity contribution >= 4 is 0 Å². The number of phenolic OH excluding ortho intramolecular Hbond substituents is 1. The Morgan fingerprint density at radius 1 is 1.29 bits per heavy atom. The molecule has 1 aromatic rings. The van der Waals surface area contributed by atoms with Crippen LogP contribution in [-0.2, 0) is 6.42 Å². The predicted octanol–water partition coefficient (Wildman–Crippen LogP) is 3.56. The minimum atomic E-state index is -1.06. The van der Waals surface area contributed by atoms with Crippen molar-refractivity contribution in [2.75, 3.05) is 0 Å². The third kappa shape index (κ3) is 1.79. The molecule has 0 aromatic heterocycles. The van der Waals surface area contributed by atoms with Gasteiger partial charge in [0.1, 0.15) is 11.9 Å². The first-order chi connectivity index (χ1) is 10.0. The number of aromatic hydroxyl groups is 1. The molecule has 3 heteroatoms. The normalized spacial score (nSPS) is 44.8. The largest absolute Gasteiger partial charge is 0.508 e. The van der Waals surface area contributed by atoms with E-state index in [4.69, 9.17) is 0 Å². The van der Waals surface area contributed by atoms with Crippen LogP contribution in [0.4, 0.5) is 4.39 Å². The SMILES string of the molecule is C[C@]12CC[C@@H]3c4ccc(O)cc4CC[C@H]3[C@@H]1C[C@H](F)[C@H]2O. The van der Waals surface area contributed by atoms with E-state index in [1.807, 2.05) is 6.07 Å². The number of phenols is 1. The van der Waals surface area contributed by atoms with Crippen LogP contribution in [0.25, 0.3) is 0 Å². The Morgan fingerprint density at radius 3 is 2.90 bits per heavy atom. The van der Waals surface area contributed by atoms with Gasteiger partial charge >= 0.3 is 0 Å². The summed E-state index contributed by atoms with van der Waals surface area (Å²) in [6, 6.07) is 5.72. The van der Waals surface area contributed by atoms with Gasteiger partial charge in [-0.1, -0.05) is 13.0 Å². The summed E-state index contributed by atoms with van der Waals surface area (Å²) < 4.78 is 14.1. The van der Waals surface area contributed by atoms with E-state index in [0.29, 0.717) is 29.9 Å². The fourth-order valence-electron chi connectivity index (χ4n) is 5.51. The van der Waals surface area contributed by atoms with E-state index >= 15 is 0 Å². The second kappa shape index (κ2) is 4.45. The lowest BCUT2D eigenvalue weighted by Crippen LogP contribution is -2.44. The first kappa shape index (κ1) is 13.6. The van der Waals surface area contributed by atoms with Crippen molar-refractivity contribution < 1.29 is 14.6 Å². The smallest absolute Gasteiger partial charge is 0.127 e. The molecule has 0 spiro atoms. The van der Waals surface area contributed by atoms with Crippen LogP contribution in [0, 0.1) is 17.3 Å². The zero-order valence-electron chi connectivity index (χ0n) is 12.4. The van der Waals surface area contributed by atoms with E-state index in [-0.39, 0.29) is 5.41 Å². The highest BCUT2D eigenvalue weighted by Crippen LogP contribution is 2.61. The monoisotopic (exact) mass is 290 g/mol. The van der Waals surface area contributed by atoms with Gasteiger partial charge in [0.2, 0.25) is 0 Å². The number of aliphatic hydroxyl groups is 1. The highest BCUT2D eigenvalue weighted by atomic mass is 19.1. The summed E-state index contributed by atoms with van der Waals surface area (Å²) in [5.74, 6) is 1.59. The first-order valence-corrected chi connectivity index (χ1v) is 8.14. The van der Waals surface area contributed by atoms with Gasteiger partial charge in [-0.05, 0) is 78.5 Å². The Hall–Kier alpha value is -1.09. The Bertz CT molecular complexity index is 572. The number of halogens is 1. The van der Waals surface area contributed by atoms with Gasteiger partial charge in [0.25, 0.3) is 0 Å². The molecule has 2 nitrogen and oxygen atoms in total. The Balaban J connectivity index is 1.71. The molecule has 3 aliphatic rings. The standard InChI is InChI=1S/C18H23FO2/c1-18-7-6-13-12-5-3-11(20)8-10(12)2-4-14(13)15(18)9-16(19)17(18)21/h3,5,8,13-17,20-21H,2,4,6-7,9H2,1H3/t13-,14-,15+,16+,17-,18+/m1/s1. The lowest BCUT2D eigenvalue weighted by Gasteiger charge is -2.49. The summed E-state index contributed by atoms with van der Waals surface area (Å²) in [6.45, 7) is 2.09. The molecule has 0 heterocycles. The lowest BCUT2D eigenvalue weighted by molar-refractivity contribution is -0.0365. The third-order valence-electron chi connectivity index (χ3n) is 6.65. The molecule has 114 valence electrons. The van der Waals surface area contributed by atoms with Crippen LogP contribution >= 0.6 is 0 Å². The number of fused-ring (bicyclic) bond motifs is 5. The molecule has 2 N–H and O–H groups in total. The Morgan fingerprint density at radius 2 is 2.10 bits per heavy atom. The van der Waals surface area contributed by atoms with Crippen molar-refractivity contribution in [3.63, 3.8) is 0 Å². The van der Waals surface area contributed by atoms with E-state index < -0.39 is 12.3 Å². The number of benzene rings is 1. The van der Waals surface area contributed by atoms with E-state index in [1.54, 1.807) is 6.07 Å². The summed E-state index contributed by atoms with van der Waals surface area (Å²) in [7, 11) is 0. The average molecular weight is 290 g/mol. The summed E-state index contributed by atoms with van der Waals surface area (Å²) in [4.78, 5) is 0. The van der Waals surface area contributed by atoms with Gasteiger partial charge in [-0.2, -0.15) is 0 Å². The second-order valence-corrected chi connectivity index (χ2v) is 7.54. The van der Waals surface area contributed by atoms with Gasteiger partial charge < -0.3 is 10.2 Å². The summed E-state index contributed by atoms with van der Waals surface area (Å²) in [6.07, 6.45) is 2.63. The quantitative estimate of drug-likeness (QED) is 0.767. The second-order valence-electron chi connectivity index (χ2n) is 7.54. The molecule has 0 amide bonds. The summed E-state index contributed by atoms with van der Waals surface area (Å²) in [5.41, 5.74) is 2.37. The van der Waals surface area contributed by atoms with Crippen molar-refractivity contribution in [3.8, 4) is 5.75 Å². The lowest BCUT2D eigenvalue weighted by atomic mass is 9.55. The highest BCUT2D eigenvalue weighted by Gasteiger charge is 2.58. The molecule has 0 saturated heterocycles. The van der Waals surface area contributed by atoms with Gasteiger partial charge in [0.05, 0.1) is 6.10 Å². The summed E-state index contributed by atoms with van der Waals surface area (Å²) in [5, 5.41) is 19.9. The maximum Gasteiger partial charge on any atom is 0.127 e. The van der Waals surface area contributed by atoms with Gasteiger partial charge in [0.15, 0.2) is 0 Å². The van der Waals surface area contributed by atoms with Crippen LogP contribution in [0.1, 0.15) is 49.7 Å². The molecule has 21 heavy (non-hydrogen) atoms. The first-order valence-electron chi connectivity index (χ1n) is 8.14. The van der Waals surface area contributed by atoms with Crippen LogP contribution in [0.5, 0.6) is 5.75 Å². The van der Waals surface area contributed by atoms with Crippen LogP contribution < -0.4 is 0 Å². The topological polar surface area (TPSA) is 40.5 Å². The molecule has 0 unspecified atom stereocenters. The number of hydrogen-bond acceptors (Lipinski definition) is 2. The number of alkyl halides is 1. The molecule has 2 saturated carbocycles. The Kier molecular flexibility index (Phi) is 2.88. The molecular formula is C18H23FO2. The van der Waals surface area contributed by atoms with Crippen LogP contribution in [0.15, 0.2) is 18.2 Å². The molecule has 2 fully saturated rings. The number of rotatable bonds is 0. The maximum atomic E-state index is 14.1. The molecular weight excluding hydrogens is 267 g/mol. The predicted molar refractivity (Wildman–Crippen MR) is 79.0 cm³/mol. The van der Waals surface area contributed by atoms with Crippen molar-refractivity contribution in [3.05, 3.63) is 29.3 Å². The highest BCUT2D eigenvalue weighted by molar-refractivity contribution is 5.40. The molecule has 0 radical (unpaired) electrons. The van der Waals surface area contributed by atoms with Gasteiger partial charge in [0, 0.05) is 0 Å². The minimum absolute atomic E-state index is 0.241. The molecule has 3 aliphatic carbocycles. The number of aryl methyl sites for hydroxylation is 1. The zero-order chi connectivity index (χ0) is 14.8. The average Bonchev–Trinajstić information content (AvgIpc) is 2.70. The minimum Gasteiger partial charge on any atom is -0.508 e. The molecule has 0 aliphatic heterocycles. The maximum absolute atomic E-state index is 14.1. The third-order valence-corrected chi connectivity index (χ3v) is 6.65.